The van der Waals surface area contributed by atoms with Crippen molar-refractivity contribution in [2.24, 2.45) is 5.92 Å². The van der Waals surface area contributed by atoms with Crippen LogP contribution in [-0.4, -0.2) is 16.1 Å². The Hall–Kier alpha value is -1.13. The number of non-ortho nitro benzene ring substituents is 1. The maximum atomic E-state index is 10.5. The standard InChI is InChI=1S/C11H12ClNO3/c12-10-6-9(13(15)16)4-3-8(10)5-11(14)7-1-2-7/h3-4,6-7,11,14H,1-2,5H2. The van der Waals surface area contributed by atoms with Crippen molar-refractivity contribution in [1.82, 2.24) is 0 Å². The molecule has 1 atom stereocenters. The summed E-state index contributed by atoms with van der Waals surface area (Å²) >= 11 is 5.93. The van der Waals surface area contributed by atoms with Gasteiger partial charge in [0, 0.05) is 18.6 Å². The molecule has 16 heavy (non-hydrogen) atoms. The van der Waals surface area contributed by atoms with Gasteiger partial charge < -0.3 is 5.11 Å². The molecule has 0 aromatic heterocycles. The first-order valence-corrected chi connectivity index (χ1v) is 5.56. The van der Waals surface area contributed by atoms with Crippen molar-refractivity contribution in [2.75, 3.05) is 0 Å². The molecule has 0 bridgehead atoms. The third-order valence-corrected chi connectivity index (χ3v) is 3.19. The van der Waals surface area contributed by atoms with Gasteiger partial charge in [-0.3, -0.25) is 10.1 Å². The summed E-state index contributed by atoms with van der Waals surface area (Å²) in [5, 5.41) is 20.6. The van der Waals surface area contributed by atoms with Gasteiger partial charge in [-0.05, 0) is 24.3 Å². The van der Waals surface area contributed by atoms with Crippen molar-refractivity contribution in [2.45, 2.75) is 25.4 Å². The van der Waals surface area contributed by atoms with Crippen LogP contribution in [-0.2, 0) is 6.42 Å². The predicted molar refractivity (Wildman–Crippen MR) is 60.5 cm³/mol. The van der Waals surface area contributed by atoms with E-state index in [1.165, 1.54) is 12.1 Å². The Bertz CT molecular complexity index is 418. The molecule has 2 rings (SSSR count). The van der Waals surface area contributed by atoms with Gasteiger partial charge in [0.1, 0.15) is 0 Å². The smallest absolute Gasteiger partial charge is 0.270 e. The number of hydrogen-bond acceptors (Lipinski definition) is 3. The zero-order valence-corrected chi connectivity index (χ0v) is 9.35. The van der Waals surface area contributed by atoms with Crippen molar-refractivity contribution in [3.63, 3.8) is 0 Å². The zero-order valence-electron chi connectivity index (χ0n) is 8.60. The topological polar surface area (TPSA) is 63.4 Å². The number of benzene rings is 1. The van der Waals surface area contributed by atoms with E-state index in [1.807, 2.05) is 0 Å². The molecule has 1 fully saturated rings. The molecule has 0 amide bonds. The lowest BCUT2D eigenvalue weighted by Gasteiger charge is -2.10. The van der Waals surface area contributed by atoms with Gasteiger partial charge in [-0.2, -0.15) is 0 Å². The Labute approximate surface area is 98.0 Å². The Balaban J connectivity index is 2.12. The zero-order chi connectivity index (χ0) is 11.7. The number of rotatable bonds is 4. The highest BCUT2D eigenvalue weighted by Gasteiger charge is 2.30. The lowest BCUT2D eigenvalue weighted by molar-refractivity contribution is -0.384. The molecule has 5 heteroatoms. The molecule has 1 aliphatic carbocycles. The fraction of sp³-hybridized carbons (Fsp3) is 0.455. The van der Waals surface area contributed by atoms with E-state index in [4.69, 9.17) is 11.6 Å². The Kier molecular flexibility index (Phi) is 3.12. The van der Waals surface area contributed by atoms with E-state index in [2.05, 4.69) is 0 Å². The highest BCUT2D eigenvalue weighted by atomic mass is 35.5. The minimum Gasteiger partial charge on any atom is -0.392 e. The van der Waals surface area contributed by atoms with Gasteiger partial charge in [-0.15, -0.1) is 0 Å². The third kappa shape index (κ3) is 2.51. The van der Waals surface area contributed by atoms with Gasteiger partial charge >= 0.3 is 0 Å². The molecule has 0 aliphatic heterocycles. The molecule has 0 saturated heterocycles. The van der Waals surface area contributed by atoms with Crippen molar-refractivity contribution < 1.29 is 10.0 Å². The van der Waals surface area contributed by atoms with Crippen LogP contribution in [0.4, 0.5) is 5.69 Å². The van der Waals surface area contributed by atoms with Crippen LogP contribution in [0.5, 0.6) is 0 Å². The number of aliphatic hydroxyl groups is 1. The van der Waals surface area contributed by atoms with Crippen LogP contribution in [0.2, 0.25) is 5.02 Å². The number of aliphatic hydroxyl groups excluding tert-OH is 1. The molecule has 0 radical (unpaired) electrons. The van der Waals surface area contributed by atoms with Crippen LogP contribution in [0.1, 0.15) is 18.4 Å². The number of nitrogens with zero attached hydrogens (tertiary/aromatic N) is 1. The minimum atomic E-state index is -0.479. The van der Waals surface area contributed by atoms with E-state index in [-0.39, 0.29) is 11.8 Å². The molecule has 1 saturated carbocycles. The van der Waals surface area contributed by atoms with Crippen molar-refractivity contribution in [1.29, 1.82) is 0 Å². The van der Waals surface area contributed by atoms with E-state index in [9.17, 15) is 15.2 Å². The van der Waals surface area contributed by atoms with E-state index < -0.39 is 4.92 Å². The van der Waals surface area contributed by atoms with Gasteiger partial charge in [-0.1, -0.05) is 17.7 Å². The van der Waals surface area contributed by atoms with Gasteiger partial charge in [0.25, 0.3) is 5.69 Å². The second-order valence-corrected chi connectivity index (χ2v) is 4.55. The molecule has 4 nitrogen and oxygen atoms in total. The molecule has 1 aliphatic rings. The van der Waals surface area contributed by atoms with Gasteiger partial charge in [0.15, 0.2) is 0 Å². The van der Waals surface area contributed by atoms with Crippen LogP contribution in [0.25, 0.3) is 0 Å². The maximum absolute atomic E-state index is 10.5. The van der Waals surface area contributed by atoms with Crippen LogP contribution in [0, 0.1) is 16.0 Å². The number of halogens is 1. The number of nitro groups is 1. The minimum absolute atomic E-state index is 0.0188. The molecule has 0 heterocycles. The SMILES string of the molecule is O=[N+]([O-])c1ccc(CC(O)C2CC2)c(Cl)c1. The molecule has 0 spiro atoms. The summed E-state index contributed by atoms with van der Waals surface area (Å²) in [5.74, 6) is 0.381. The summed E-state index contributed by atoms with van der Waals surface area (Å²) in [6.45, 7) is 0. The molecule has 1 aromatic carbocycles. The van der Waals surface area contributed by atoms with Crippen molar-refractivity contribution in [3.05, 3.63) is 38.9 Å². The first kappa shape index (κ1) is 11.4. The van der Waals surface area contributed by atoms with E-state index in [0.717, 1.165) is 18.4 Å². The monoisotopic (exact) mass is 241 g/mol. The first-order valence-electron chi connectivity index (χ1n) is 5.19. The Morgan fingerprint density at radius 3 is 2.75 bits per heavy atom. The van der Waals surface area contributed by atoms with Crippen LogP contribution in [0.15, 0.2) is 18.2 Å². The average Bonchev–Trinajstić information content (AvgIpc) is 3.03. The Morgan fingerprint density at radius 2 is 2.25 bits per heavy atom. The fourth-order valence-electron chi connectivity index (χ4n) is 1.69. The highest BCUT2D eigenvalue weighted by molar-refractivity contribution is 6.31. The van der Waals surface area contributed by atoms with Gasteiger partial charge in [0.2, 0.25) is 0 Å². The lowest BCUT2D eigenvalue weighted by atomic mass is 10.0. The molecular weight excluding hydrogens is 230 g/mol. The normalized spacial score (nSPS) is 17.1. The molecule has 1 unspecified atom stereocenters. The average molecular weight is 242 g/mol. The predicted octanol–water partition coefficient (Wildman–Crippen LogP) is 2.56. The molecule has 1 N–H and O–H groups in total. The summed E-state index contributed by atoms with van der Waals surface area (Å²) in [6.07, 6.45) is 2.22. The maximum Gasteiger partial charge on any atom is 0.270 e. The number of nitro benzene ring substituents is 1. The van der Waals surface area contributed by atoms with Gasteiger partial charge in [-0.25, -0.2) is 0 Å². The van der Waals surface area contributed by atoms with Crippen LogP contribution >= 0.6 is 11.6 Å². The molecule has 1 aromatic rings. The highest BCUT2D eigenvalue weighted by Crippen LogP contribution is 2.35. The summed E-state index contributed by atoms with van der Waals surface area (Å²) in [7, 11) is 0. The summed E-state index contributed by atoms with van der Waals surface area (Å²) in [4.78, 5) is 10.0. The summed E-state index contributed by atoms with van der Waals surface area (Å²) < 4.78 is 0. The third-order valence-electron chi connectivity index (χ3n) is 2.84. The Morgan fingerprint density at radius 1 is 1.56 bits per heavy atom. The second-order valence-electron chi connectivity index (χ2n) is 4.14. The van der Waals surface area contributed by atoms with Crippen molar-refractivity contribution >= 4 is 17.3 Å². The molecule has 86 valence electrons. The quantitative estimate of drug-likeness (QED) is 0.651. The van der Waals surface area contributed by atoms with E-state index in [1.54, 1.807) is 6.07 Å². The summed E-state index contributed by atoms with van der Waals surface area (Å²) in [6, 6.07) is 4.36. The fourth-order valence-corrected chi connectivity index (χ4v) is 1.94. The summed E-state index contributed by atoms with van der Waals surface area (Å²) in [5.41, 5.74) is 0.751. The largest absolute Gasteiger partial charge is 0.392 e. The number of hydrogen-bond donors (Lipinski definition) is 1. The van der Waals surface area contributed by atoms with Crippen molar-refractivity contribution in [3.8, 4) is 0 Å². The second kappa shape index (κ2) is 4.39. The molecular formula is C11H12ClNO3. The van der Waals surface area contributed by atoms with E-state index >= 15 is 0 Å². The van der Waals surface area contributed by atoms with Crippen LogP contribution < -0.4 is 0 Å². The van der Waals surface area contributed by atoms with Crippen LogP contribution in [0.3, 0.4) is 0 Å². The van der Waals surface area contributed by atoms with Gasteiger partial charge in [0.05, 0.1) is 16.0 Å². The first-order chi connectivity index (χ1) is 7.58. The lowest BCUT2D eigenvalue weighted by Crippen LogP contribution is -2.12. The van der Waals surface area contributed by atoms with E-state index in [0.29, 0.717) is 17.4 Å².